The van der Waals surface area contributed by atoms with Crippen molar-refractivity contribution >= 4 is 29.3 Å². The van der Waals surface area contributed by atoms with Gasteiger partial charge < -0.3 is 16.0 Å². The van der Waals surface area contributed by atoms with Crippen LogP contribution in [0.25, 0.3) is 5.57 Å². The van der Waals surface area contributed by atoms with Crippen molar-refractivity contribution in [1.82, 2.24) is 5.32 Å². The number of hydrogen-bond acceptors (Lipinski definition) is 4. The lowest BCUT2D eigenvalue weighted by molar-refractivity contribution is -0.124. The van der Waals surface area contributed by atoms with Crippen LogP contribution < -0.4 is 16.0 Å². The van der Waals surface area contributed by atoms with Crippen LogP contribution >= 0.6 is 0 Å². The second kappa shape index (κ2) is 11.5. The Balaban J connectivity index is 1.99. The van der Waals surface area contributed by atoms with E-state index < -0.39 is 0 Å². The number of carbonyl (C=O) groups excluding carboxylic acids is 2. The van der Waals surface area contributed by atoms with Gasteiger partial charge in [0.2, 0.25) is 11.8 Å². The number of benzene rings is 1. The molecule has 3 N–H and O–H groups in total. The summed E-state index contributed by atoms with van der Waals surface area (Å²) in [7, 11) is 1.84. The second-order valence-corrected chi connectivity index (χ2v) is 8.32. The monoisotopic (exact) mass is 412 g/mol. The first kappa shape index (κ1) is 23.6. The molecular weight excluding hydrogens is 376 g/mol. The third kappa shape index (κ3) is 6.71. The van der Waals surface area contributed by atoms with E-state index in [-0.39, 0.29) is 23.8 Å². The van der Waals surface area contributed by atoms with Gasteiger partial charge in [-0.3, -0.25) is 14.6 Å². The van der Waals surface area contributed by atoms with Gasteiger partial charge in [0, 0.05) is 55.6 Å². The molecular formula is C24H36N4O2. The van der Waals surface area contributed by atoms with Gasteiger partial charge in [-0.05, 0) is 63.1 Å². The summed E-state index contributed by atoms with van der Waals surface area (Å²) >= 11 is 0. The van der Waals surface area contributed by atoms with Crippen LogP contribution in [0.2, 0.25) is 0 Å². The van der Waals surface area contributed by atoms with Crippen LogP contribution in [0.1, 0.15) is 58.4 Å². The summed E-state index contributed by atoms with van der Waals surface area (Å²) < 4.78 is 0. The Morgan fingerprint density at radius 2 is 1.97 bits per heavy atom. The van der Waals surface area contributed by atoms with Crippen LogP contribution in [0.5, 0.6) is 0 Å². The van der Waals surface area contributed by atoms with Crippen molar-refractivity contribution in [3.63, 3.8) is 0 Å². The highest BCUT2D eigenvalue weighted by molar-refractivity contribution is 6.10. The molecule has 1 aromatic carbocycles. The molecule has 0 heterocycles. The van der Waals surface area contributed by atoms with Crippen LogP contribution in [0.4, 0.5) is 5.69 Å². The molecule has 164 valence electrons. The number of rotatable bonds is 8. The van der Waals surface area contributed by atoms with E-state index in [2.05, 4.69) is 10.3 Å². The Morgan fingerprint density at radius 3 is 2.57 bits per heavy atom. The van der Waals surface area contributed by atoms with Gasteiger partial charge in [0.15, 0.2) is 0 Å². The number of nitrogens with two attached hydrogens (primary N) is 1. The molecule has 0 spiro atoms. The molecule has 0 saturated heterocycles. The number of aliphatic imine (C=N–C) groups is 1. The van der Waals surface area contributed by atoms with Crippen molar-refractivity contribution in [2.45, 2.75) is 58.9 Å². The average molecular weight is 413 g/mol. The minimum absolute atomic E-state index is 0.0313. The Kier molecular flexibility index (Phi) is 9.09. The first-order chi connectivity index (χ1) is 14.3. The molecule has 2 rings (SSSR count). The first-order valence-corrected chi connectivity index (χ1v) is 10.9. The van der Waals surface area contributed by atoms with Gasteiger partial charge >= 0.3 is 0 Å². The Bertz CT molecular complexity index is 777. The number of carbonyl (C=O) groups is 2. The number of hydrogen-bond donors (Lipinski definition) is 2. The van der Waals surface area contributed by atoms with Crippen molar-refractivity contribution in [2.75, 3.05) is 18.5 Å². The van der Waals surface area contributed by atoms with E-state index in [0.717, 1.165) is 49.1 Å². The van der Waals surface area contributed by atoms with Crippen molar-refractivity contribution in [3.05, 3.63) is 36.0 Å². The number of allylic oxidation sites excluding steroid dienone is 1. The largest absolute Gasteiger partial charge is 0.404 e. The lowest BCUT2D eigenvalue weighted by atomic mass is 9.81. The molecule has 0 radical (unpaired) electrons. The molecule has 0 bridgehead atoms. The summed E-state index contributed by atoms with van der Waals surface area (Å²) in [4.78, 5) is 30.7. The Hall–Kier alpha value is -2.63. The van der Waals surface area contributed by atoms with E-state index >= 15 is 0 Å². The zero-order chi connectivity index (χ0) is 22.1. The molecule has 1 aliphatic carbocycles. The van der Waals surface area contributed by atoms with Crippen LogP contribution in [0, 0.1) is 11.8 Å². The molecule has 0 unspecified atom stereocenters. The van der Waals surface area contributed by atoms with Crippen molar-refractivity contribution < 1.29 is 9.59 Å². The average Bonchev–Trinajstić information content (AvgIpc) is 2.77. The van der Waals surface area contributed by atoms with Gasteiger partial charge in [0.25, 0.3) is 0 Å². The Morgan fingerprint density at radius 1 is 1.27 bits per heavy atom. The highest BCUT2D eigenvalue weighted by atomic mass is 16.2. The lowest BCUT2D eigenvalue weighted by Gasteiger charge is -2.30. The van der Waals surface area contributed by atoms with Crippen molar-refractivity contribution in [1.29, 1.82) is 0 Å². The highest BCUT2D eigenvalue weighted by Crippen LogP contribution is 2.31. The first-order valence-electron chi connectivity index (χ1n) is 10.9. The quantitative estimate of drug-likeness (QED) is 0.637. The fourth-order valence-electron chi connectivity index (χ4n) is 3.74. The van der Waals surface area contributed by atoms with E-state index in [9.17, 15) is 9.59 Å². The third-order valence-corrected chi connectivity index (χ3v) is 5.69. The fourth-order valence-corrected chi connectivity index (χ4v) is 3.74. The SMILES string of the molecule is CCC(=O)NCC1CCC(C(=O)N(C)c2cccc(/C(C=NC(C)C)=C/N)c2)CC1. The molecule has 30 heavy (non-hydrogen) atoms. The maximum absolute atomic E-state index is 13.1. The zero-order valence-electron chi connectivity index (χ0n) is 18.7. The Labute approximate surface area is 180 Å². The summed E-state index contributed by atoms with van der Waals surface area (Å²) in [5.74, 6) is 0.744. The lowest BCUT2D eigenvalue weighted by Crippen LogP contribution is -2.37. The molecule has 6 heteroatoms. The van der Waals surface area contributed by atoms with Crippen LogP contribution in [0.3, 0.4) is 0 Å². The summed E-state index contributed by atoms with van der Waals surface area (Å²) in [5, 5.41) is 2.97. The van der Waals surface area contributed by atoms with Gasteiger partial charge in [0.1, 0.15) is 0 Å². The molecule has 6 nitrogen and oxygen atoms in total. The summed E-state index contributed by atoms with van der Waals surface area (Å²) in [5.41, 5.74) is 8.43. The van der Waals surface area contributed by atoms with E-state index in [1.165, 1.54) is 0 Å². The zero-order valence-corrected chi connectivity index (χ0v) is 18.7. The highest BCUT2D eigenvalue weighted by Gasteiger charge is 2.29. The maximum Gasteiger partial charge on any atom is 0.229 e. The minimum Gasteiger partial charge on any atom is -0.404 e. The molecule has 0 aromatic heterocycles. The van der Waals surface area contributed by atoms with E-state index in [4.69, 9.17) is 5.73 Å². The smallest absolute Gasteiger partial charge is 0.229 e. The van der Waals surface area contributed by atoms with Gasteiger partial charge in [-0.2, -0.15) is 0 Å². The molecule has 1 saturated carbocycles. The topological polar surface area (TPSA) is 87.8 Å². The molecule has 1 fully saturated rings. The van der Waals surface area contributed by atoms with Gasteiger partial charge in [-0.1, -0.05) is 19.1 Å². The molecule has 0 aliphatic heterocycles. The predicted octanol–water partition coefficient (Wildman–Crippen LogP) is 3.76. The van der Waals surface area contributed by atoms with E-state index in [0.29, 0.717) is 12.3 Å². The molecule has 2 amide bonds. The number of anilines is 1. The summed E-state index contributed by atoms with van der Waals surface area (Å²) in [6.07, 6.45) is 7.52. The number of nitrogens with zero attached hydrogens (tertiary/aromatic N) is 2. The molecule has 1 aliphatic rings. The minimum atomic E-state index is 0.0313. The van der Waals surface area contributed by atoms with Crippen molar-refractivity contribution in [3.8, 4) is 0 Å². The van der Waals surface area contributed by atoms with Gasteiger partial charge in [-0.25, -0.2) is 0 Å². The van der Waals surface area contributed by atoms with Crippen LogP contribution in [-0.4, -0.2) is 37.7 Å². The predicted molar refractivity (Wildman–Crippen MR) is 124 cm³/mol. The second-order valence-electron chi connectivity index (χ2n) is 8.32. The van der Waals surface area contributed by atoms with E-state index in [1.54, 1.807) is 17.3 Å². The van der Waals surface area contributed by atoms with Crippen LogP contribution in [0.15, 0.2) is 35.5 Å². The van der Waals surface area contributed by atoms with Gasteiger partial charge in [-0.15, -0.1) is 0 Å². The number of amides is 2. The summed E-state index contributed by atoms with van der Waals surface area (Å²) in [6.45, 7) is 6.61. The third-order valence-electron chi connectivity index (χ3n) is 5.69. The summed E-state index contributed by atoms with van der Waals surface area (Å²) in [6, 6.07) is 8.03. The van der Waals surface area contributed by atoms with Crippen molar-refractivity contribution in [2.24, 2.45) is 22.6 Å². The number of nitrogens with one attached hydrogen (secondary N) is 1. The fraction of sp³-hybridized carbons (Fsp3) is 0.542. The van der Waals surface area contributed by atoms with Gasteiger partial charge in [0.05, 0.1) is 0 Å². The standard InChI is InChI=1S/C24H36N4O2/c1-5-23(29)27-15-18-9-11-19(12-10-18)24(30)28(4)22-8-6-7-20(13-22)21(14-25)16-26-17(2)3/h6-8,13-14,16-19H,5,9-12,15,25H2,1-4H3,(H,27,29)/b21-14+,26-16?. The normalized spacial score (nSPS) is 19.8. The van der Waals surface area contributed by atoms with E-state index in [1.807, 2.05) is 52.1 Å². The molecule has 0 atom stereocenters. The molecule has 1 aromatic rings. The van der Waals surface area contributed by atoms with Crippen LogP contribution in [-0.2, 0) is 9.59 Å². The maximum atomic E-state index is 13.1.